The summed E-state index contributed by atoms with van der Waals surface area (Å²) in [6, 6.07) is 9.75. The van der Waals surface area contributed by atoms with Crippen molar-refractivity contribution in [3.05, 3.63) is 64.9 Å². The number of nitrogens with zero attached hydrogens (tertiary/aromatic N) is 5. The van der Waals surface area contributed by atoms with Gasteiger partial charge in [0.15, 0.2) is 0 Å². The zero-order chi connectivity index (χ0) is 18.8. The van der Waals surface area contributed by atoms with Crippen LogP contribution in [0, 0.1) is 25.2 Å². The molecule has 0 spiro atoms. The Hall–Kier alpha value is -3.11. The zero-order valence-corrected chi connectivity index (χ0v) is 15.4. The summed E-state index contributed by atoms with van der Waals surface area (Å²) in [6.45, 7) is 7.02. The Labute approximate surface area is 157 Å². The maximum absolute atomic E-state index is 8.92. The third-order valence-corrected chi connectivity index (χ3v) is 4.89. The van der Waals surface area contributed by atoms with E-state index in [1.165, 1.54) is 11.9 Å². The Kier molecular flexibility index (Phi) is 4.65. The lowest BCUT2D eigenvalue weighted by Crippen LogP contribution is -2.35. The molecule has 1 aliphatic rings. The number of nitriles is 1. The number of aryl methyl sites for hydroxylation is 2. The Morgan fingerprint density at radius 3 is 2.89 bits per heavy atom. The summed E-state index contributed by atoms with van der Waals surface area (Å²) < 4.78 is 13.7. The van der Waals surface area contributed by atoms with Crippen LogP contribution >= 0.6 is 0 Å². The molecule has 27 heavy (non-hydrogen) atoms. The number of pyridine rings is 1. The maximum atomic E-state index is 8.92. The van der Waals surface area contributed by atoms with Crippen molar-refractivity contribution in [2.75, 3.05) is 6.54 Å². The predicted octanol–water partition coefficient (Wildman–Crippen LogP) is 2.82. The van der Waals surface area contributed by atoms with Crippen LogP contribution in [-0.4, -0.2) is 32.3 Å². The van der Waals surface area contributed by atoms with Crippen molar-refractivity contribution < 1.29 is 9.26 Å². The van der Waals surface area contributed by atoms with E-state index in [1.807, 2.05) is 13.8 Å². The second-order valence-corrected chi connectivity index (χ2v) is 6.86. The standard InChI is InChI=1S/C20H21N5O2/c1-14-19(15(2)27-23-14)13-24-10-17-4-3-7-25(17)12-18(11-24)26-20-6-5-16(8-21)9-22-20/h3-7,9,18H,10-13H2,1-2H3. The van der Waals surface area contributed by atoms with Crippen LogP contribution < -0.4 is 4.74 Å². The highest BCUT2D eigenvalue weighted by atomic mass is 16.5. The minimum Gasteiger partial charge on any atom is -0.471 e. The van der Waals surface area contributed by atoms with Gasteiger partial charge in [-0.2, -0.15) is 5.26 Å². The van der Waals surface area contributed by atoms with Crippen molar-refractivity contribution in [2.45, 2.75) is 39.6 Å². The minimum atomic E-state index is -0.0560. The molecule has 0 fully saturated rings. The van der Waals surface area contributed by atoms with Crippen LogP contribution in [0.4, 0.5) is 0 Å². The van der Waals surface area contributed by atoms with Gasteiger partial charge < -0.3 is 13.8 Å². The van der Waals surface area contributed by atoms with Crippen molar-refractivity contribution in [3.8, 4) is 11.9 Å². The van der Waals surface area contributed by atoms with Crippen LogP contribution in [0.25, 0.3) is 0 Å². The SMILES string of the molecule is Cc1noc(C)c1CN1Cc2cccn2CC(Oc2ccc(C#N)cn2)C1. The molecule has 3 aromatic rings. The first kappa shape index (κ1) is 17.3. The van der Waals surface area contributed by atoms with Gasteiger partial charge in [0.1, 0.15) is 17.9 Å². The fourth-order valence-electron chi connectivity index (χ4n) is 3.46. The van der Waals surface area contributed by atoms with E-state index < -0.39 is 0 Å². The van der Waals surface area contributed by atoms with Gasteiger partial charge in [-0.25, -0.2) is 4.98 Å². The molecule has 0 aliphatic carbocycles. The molecule has 3 aromatic heterocycles. The van der Waals surface area contributed by atoms with Crippen molar-refractivity contribution in [2.24, 2.45) is 0 Å². The molecule has 0 bridgehead atoms. The van der Waals surface area contributed by atoms with Gasteiger partial charge >= 0.3 is 0 Å². The second-order valence-electron chi connectivity index (χ2n) is 6.86. The van der Waals surface area contributed by atoms with Crippen molar-refractivity contribution in [3.63, 3.8) is 0 Å². The average molecular weight is 363 g/mol. The van der Waals surface area contributed by atoms with Gasteiger partial charge in [-0.3, -0.25) is 4.90 Å². The van der Waals surface area contributed by atoms with E-state index in [2.05, 4.69) is 44.0 Å². The van der Waals surface area contributed by atoms with E-state index in [0.717, 1.165) is 43.2 Å². The van der Waals surface area contributed by atoms with E-state index in [9.17, 15) is 0 Å². The Balaban J connectivity index is 1.55. The minimum absolute atomic E-state index is 0.0560. The highest BCUT2D eigenvalue weighted by molar-refractivity contribution is 5.28. The van der Waals surface area contributed by atoms with E-state index in [-0.39, 0.29) is 6.10 Å². The molecule has 4 rings (SSSR count). The highest BCUT2D eigenvalue weighted by Crippen LogP contribution is 2.21. The first-order valence-electron chi connectivity index (χ1n) is 8.93. The number of aromatic nitrogens is 3. The number of fused-ring (bicyclic) bond motifs is 1. The molecule has 0 amide bonds. The number of ether oxygens (including phenoxy) is 1. The molecule has 0 aromatic carbocycles. The van der Waals surface area contributed by atoms with Crippen LogP contribution in [0.2, 0.25) is 0 Å². The molecule has 138 valence electrons. The second kappa shape index (κ2) is 7.25. The van der Waals surface area contributed by atoms with E-state index in [1.54, 1.807) is 12.1 Å². The van der Waals surface area contributed by atoms with Crippen molar-refractivity contribution in [1.82, 2.24) is 19.6 Å². The summed E-state index contributed by atoms with van der Waals surface area (Å²) in [5.74, 6) is 1.39. The maximum Gasteiger partial charge on any atom is 0.213 e. The third kappa shape index (κ3) is 3.71. The predicted molar refractivity (Wildman–Crippen MR) is 97.9 cm³/mol. The number of hydrogen-bond donors (Lipinski definition) is 0. The monoisotopic (exact) mass is 363 g/mol. The van der Waals surface area contributed by atoms with Crippen LogP contribution in [0.5, 0.6) is 5.88 Å². The molecule has 0 radical (unpaired) electrons. The smallest absolute Gasteiger partial charge is 0.213 e. The molecule has 1 unspecified atom stereocenters. The lowest BCUT2D eigenvalue weighted by molar-refractivity contribution is 0.119. The van der Waals surface area contributed by atoms with Gasteiger partial charge in [0.2, 0.25) is 5.88 Å². The molecule has 1 aliphatic heterocycles. The van der Waals surface area contributed by atoms with Crippen LogP contribution in [0.1, 0.15) is 28.3 Å². The largest absolute Gasteiger partial charge is 0.471 e. The molecular weight excluding hydrogens is 342 g/mol. The topological polar surface area (TPSA) is 80.1 Å². The van der Waals surface area contributed by atoms with Gasteiger partial charge in [0, 0.05) is 49.4 Å². The van der Waals surface area contributed by atoms with Crippen molar-refractivity contribution in [1.29, 1.82) is 5.26 Å². The van der Waals surface area contributed by atoms with Gasteiger partial charge in [0.25, 0.3) is 0 Å². The lowest BCUT2D eigenvalue weighted by Gasteiger charge is -2.24. The molecule has 0 saturated carbocycles. The van der Waals surface area contributed by atoms with Gasteiger partial charge in [-0.1, -0.05) is 5.16 Å². The first-order chi connectivity index (χ1) is 13.1. The van der Waals surface area contributed by atoms with Crippen LogP contribution in [0.3, 0.4) is 0 Å². The summed E-state index contributed by atoms with van der Waals surface area (Å²) in [5, 5.41) is 13.0. The molecule has 4 heterocycles. The van der Waals surface area contributed by atoms with Gasteiger partial charge in [-0.15, -0.1) is 0 Å². The van der Waals surface area contributed by atoms with Gasteiger partial charge in [-0.05, 0) is 32.0 Å². The zero-order valence-electron chi connectivity index (χ0n) is 15.4. The number of rotatable bonds is 4. The summed E-state index contributed by atoms with van der Waals surface area (Å²) in [6.07, 6.45) is 3.56. The molecular formula is C20H21N5O2. The molecule has 0 N–H and O–H groups in total. The Morgan fingerprint density at radius 2 is 2.19 bits per heavy atom. The van der Waals surface area contributed by atoms with E-state index in [0.29, 0.717) is 11.4 Å². The summed E-state index contributed by atoms with van der Waals surface area (Å²) >= 11 is 0. The van der Waals surface area contributed by atoms with Crippen molar-refractivity contribution >= 4 is 0 Å². The first-order valence-corrected chi connectivity index (χ1v) is 8.93. The fraction of sp³-hybridized carbons (Fsp3) is 0.350. The Bertz CT molecular complexity index is 948. The Morgan fingerprint density at radius 1 is 1.30 bits per heavy atom. The molecule has 7 heteroatoms. The summed E-state index contributed by atoms with van der Waals surface area (Å²) in [7, 11) is 0. The molecule has 0 saturated heterocycles. The third-order valence-electron chi connectivity index (χ3n) is 4.89. The highest BCUT2D eigenvalue weighted by Gasteiger charge is 2.25. The summed E-state index contributed by atoms with van der Waals surface area (Å²) in [4.78, 5) is 6.60. The average Bonchev–Trinajstić information content (AvgIpc) is 3.18. The van der Waals surface area contributed by atoms with Crippen LogP contribution in [-0.2, 0) is 19.6 Å². The van der Waals surface area contributed by atoms with E-state index >= 15 is 0 Å². The normalized spacial score (nSPS) is 17.1. The fourth-order valence-corrected chi connectivity index (χ4v) is 3.46. The van der Waals surface area contributed by atoms with Crippen LogP contribution in [0.15, 0.2) is 41.2 Å². The summed E-state index contributed by atoms with van der Waals surface area (Å²) in [5.41, 5.74) is 3.83. The quantitative estimate of drug-likeness (QED) is 0.709. The van der Waals surface area contributed by atoms with E-state index in [4.69, 9.17) is 14.5 Å². The number of hydrogen-bond acceptors (Lipinski definition) is 6. The molecule has 7 nitrogen and oxygen atoms in total. The van der Waals surface area contributed by atoms with Gasteiger partial charge in [0.05, 0.1) is 17.8 Å². The molecule has 1 atom stereocenters. The lowest BCUT2D eigenvalue weighted by atomic mass is 10.2.